The molecule has 3 N–H and O–H groups in total. The summed E-state index contributed by atoms with van der Waals surface area (Å²) >= 11 is 3.18. The van der Waals surface area contributed by atoms with Crippen LogP contribution in [0.15, 0.2) is 24.5 Å². The van der Waals surface area contributed by atoms with E-state index in [0.717, 1.165) is 25.1 Å². The molecule has 2 aromatic rings. The van der Waals surface area contributed by atoms with Gasteiger partial charge in [-0.25, -0.2) is 0 Å². The molecule has 0 bridgehead atoms. The van der Waals surface area contributed by atoms with Crippen LogP contribution in [0.1, 0.15) is 25.7 Å². The number of nitrogens with one attached hydrogen (secondary N) is 1. The normalized spacial score (nSPS) is 21.1. The minimum absolute atomic E-state index is 0.0138. The Balaban J connectivity index is 0.000000148. The van der Waals surface area contributed by atoms with Gasteiger partial charge in [0.2, 0.25) is 0 Å². The molecule has 0 aromatic carbocycles. The minimum atomic E-state index is 0.0138. The van der Waals surface area contributed by atoms with E-state index < -0.39 is 0 Å². The van der Waals surface area contributed by atoms with Gasteiger partial charge < -0.3 is 11.1 Å². The number of nitrogen functional groups attached to an aromatic ring is 1. The summed E-state index contributed by atoms with van der Waals surface area (Å²) in [5, 5.41) is 11.0. The van der Waals surface area contributed by atoms with Gasteiger partial charge in [0.25, 0.3) is 0 Å². The molecule has 2 aromatic heterocycles. The number of nitrogens with zero attached hydrogens (tertiary/aromatic N) is 4. The molecule has 0 spiro atoms. The highest BCUT2D eigenvalue weighted by molar-refractivity contribution is 9.10. The number of hydrogen-bond acceptors (Lipinski definition) is 6. The van der Waals surface area contributed by atoms with Gasteiger partial charge in [0.1, 0.15) is 17.4 Å². The topological polar surface area (TPSA) is 108 Å². The van der Waals surface area contributed by atoms with Crippen LogP contribution >= 0.6 is 15.9 Å². The summed E-state index contributed by atoms with van der Waals surface area (Å²) in [5.74, 6) is 2.01. The van der Waals surface area contributed by atoms with Crippen LogP contribution in [0.2, 0.25) is 0 Å². The highest BCUT2D eigenvalue weighted by atomic mass is 79.9. The van der Waals surface area contributed by atoms with Crippen molar-refractivity contribution in [2.75, 3.05) is 11.1 Å². The highest BCUT2D eigenvalue weighted by Gasteiger charge is 2.28. The predicted octanol–water partition coefficient (Wildman–Crippen LogP) is 1.68. The van der Waals surface area contributed by atoms with Crippen LogP contribution in [-0.4, -0.2) is 42.0 Å². The zero-order valence-electron chi connectivity index (χ0n) is 14.4. The van der Waals surface area contributed by atoms with Crippen molar-refractivity contribution in [2.24, 2.45) is 14.1 Å². The molecule has 0 aliphatic heterocycles. The first-order valence-corrected chi connectivity index (χ1v) is 8.97. The molecule has 136 valence electrons. The summed E-state index contributed by atoms with van der Waals surface area (Å²) in [7, 11) is 3.68. The van der Waals surface area contributed by atoms with Crippen molar-refractivity contribution in [3.05, 3.63) is 24.5 Å². The number of rotatable bonds is 2. The van der Waals surface area contributed by atoms with Crippen molar-refractivity contribution < 1.29 is 9.59 Å². The molecule has 25 heavy (non-hydrogen) atoms. The van der Waals surface area contributed by atoms with Crippen LogP contribution in [0.5, 0.6) is 0 Å². The van der Waals surface area contributed by atoms with Gasteiger partial charge in [-0.2, -0.15) is 10.2 Å². The van der Waals surface area contributed by atoms with E-state index in [2.05, 4.69) is 31.4 Å². The zero-order chi connectivity index (χ0) is 18.4. The molecule has 8 nitrogen and oxygen atoms in total. The Bertz CT molecular complexity index is 709. The Morgan fingerprint density at radius 1 is 1.08 bits per heavy atom. The molecule has 2 fully saturated rings. The predicted molar refractivity (Wildman–Crippen MR) is 99.4 cm³/mol. The molecule has 4 rings (SSSR count). The summed E-state index contributed by atoms with van der Waals surface area (Å²) in [5.41, 5.74) is 5.25. The number of carbonyl (C=O) groups excluding carboxylic acids is 2. The number of ketones is 2. The second-order valence-electron chi connectivity index (χ2n) is 5.96. The molecule has 2 heterocycles. The Hall–Kier alpha value is -2.16. The largest absolute Gasteiger partial charge is 0.382 e. The second kappa shape index (κ2) is 8.80. The summed E-state index contributed by atoms with van der Waals surface area (Å²) < 4.78 is 3.38. The van der Waals surface area contributed by atoms with E-state index in [4.69, 9.17) is 5.73 Å². The van der Waals surface area contributed by atoms with Crippen LogP contribution in [0.4, 0.5) is 11.6 Å². The van der Waals surface area contributed by atoms with E-state index in [1.165, 1.54) is 0 Å². The van der Waals surface area contributed by atoms with E-state index in [-0.39, 0.29) is 10.9 Å². The number of alkyl halides is 1. The third-order valence-corrected chi connectivity index (χ3v) is 4.80. The summed E-state index contributed by atoms with van der Waals surface area (Å²) in [6.07, 6.45) is 7.13. The van der Waals surface area contributed by atoms with Crippen LogP contribution in [0.3, 0.4) is 0 Å². The van der Waals surface area contributed by atoms with Gasteiger partial charge >= 0.3 is 0 Å². The lowest BCUT2D eigenvalue weighted by molar-refractivity contribution is -0.124. The fraction of sp³-hybridized carbons (Fsp3) is 0.500. The minimum Gasteiger partial charge on any atom is -0.382 e. The third-order valence-electron chi connectivity index (χ3n) is 3.83. The smallest absolute Gasteiger partial charge is 0.155 e. The molecule has 9 heteroatoms. The maximum Gasteiger partial charge on any atom is 0.155 e. The zero-order valence-corrected chi connectivity index (χ0v) is 15.9. The maximum absolute atomic E-state index is 10.9. The average Bonchev–Trinajstić information content (AvgIpc) is 3.18. The number of nitrogens with two attached hydrogens (primary N) is 1. The number of halogens is 1. The molecule has 0 amide bonds. The number of aromatic nitrogens is 4. The highest BCUT2D eigenvalue weighted by Crippen LogP contribution is 2.21. The van der Waals surface area contributed by atoms with Crippen molar-refractivity contribution in [1.29, 1.82) is 0 Å². The number of carbonyl (C=O) groups is 2. The monoisotopic (exact) mass is 410 g/mol. The van der Waals surface area contributed by atoms with Crippen LogP contribution in [-0.2, 0) is 23.7 Å². The number of Topliss-reactive ketones (excluding diaryl/α,β-unsaturated/α-hetero) is 2. The molecule has 0 radical (unpaired) electrons. The summed E-state index contributed by atoms with van der Waals surface area (Å²) in [6.45, 7) is 0. The third kappa shape index (κ3) is 6.00. The number of aryl methyl sites for hydroxylation is 2. The molecule has 2 atom stereocenters. The van der Waals surface area contributed by atoms with E-state index >= 15 is 0 Å². The Labute approximate surface area is 154 Å². The maximum atomic E-state index is 10.9. The van der Waals surface area contributed by atoms with Gasteiger partial charge in [-0.1, -0.05) is 15.9 Å². The van der Waals surface area contributed by atoms with Crippen LogP contribution in [0, 0.1) is 0 Å². The molecule has 2 unspecified atom stereocenters. The Morgan fingerprint density at radius 2 is 1.68 bits per heavy atom. The number of anilines is 2. The average molecular weight is 411 g/mol. The lowest BCUT2D eigenvalue weighted by atomic mass is 9.91. The van der Waals surface area contributed by atoms with Gasteiger partial charge in [0, 0.05) is 45.4 Å². The van der Waals surface area contributed by atoms with Crippen molar-refractivity contribution >= 4 is 39.1 Å². The molecular formula is C16H23BrN6O2. The van der Waals surface area contributed by atoms with Gasteiger partial charge in [0.05, 0.1) is 10.9 Å². The van der Waals surface area contributed by atoms with E-state index in [1.807, 2.05) is 26.4 Å². The Morgan fingerprint density at radius 3 is 1.92 bits per heavy atom. The standard InChI is InChI=1S/C8H11N3O.C4H5BrO.C4H7N3/c1-11-5-4-8(10-11)9-6-2-3-7(6)12;5-3-1-2-4(3)6;1-7-3-2-4(5)6-7/h4-6H,2-3H2,1H3,(H,9,10);3H,1-2H2;2-3H,1H3,(H2,5,6). The summed E-state index contributed by atoms with van der Waals surface area (Å²) in [4.78, 5) is 21.3. The van der Waals surface area contributed by atoms with Gasteiger partial charge in [-0.3, -0.25) is 19.0 Å². The van der Waals surface area contributed by atoms with Crippen molar-refractivity contribution in [1.82, 2.24) is 19.6 Å². The van der Waals surface area contributed by atoms with Gasteiger partial charge in [0.15, 0.2) is 5.78 Å². The SMILES string of the molecule is Cn1ccc(N)n1.Cn1ccc(NC2CCC2=O)n1.O=C1CCC1Br. The first-order chi connectivity index (χ1) is 11.8. The fourth-order valence-corrected chi connectivity index (χ4v) is 2.49. The quantitative estimate of drug-likeness (QED) is 0.729. The summed E-state index contributed by atoms with van der Waals surface area (Å²) in [6, 6.07) is 3.63. The second-order valence-corrected chi connectivity index (χ2v) is 7.07. The van der Waals surface area contributed by atoms with Gasteiger partial charge in [-0.05, 0) is 18.9 Å². The lowest BCUT2D eigenvalue weighted by Crippen LogP contribution is -2.38. The lowest BCUT2D eigenvalue weighted by Gasteiger charge is -2.24. The first kappa shape index (κ1) is 19.2. The molecule has 2 aliphatic carbocycles. The van der Waals surface area contributed by atoms with E-state index in [1.54, 1.807) is 21.6 Å². The van der Waals surface area contributed by atoms with Crippen molar-refractivity contribution in [3.8, 4) is 0 Å². The van der Waals surface area contributed by atoms with E-state index in [9.17, 15) is 9.59 Å². The van der Waals surface area contributed by atoms with Crippen molar-refractivity contribution in [2.45, 2.75) is 36.6 Å². The van der Waals surface area contributed by atoms with Gasteiger partial charge in [-0.15, -0.1) is 0 Å². The first-order valence-electron chi connectivity index (χ1n) is 8.06. The number of hydrogen-bond donors (Lipinski definition) is 2. The van der Waals surface area contributed by atoms with Crippen LogP contribution < -0.4 is 11.1 Å². The molecule has 2 aliphatic rings. The molecular weight excluding hydrogens is 388 g/mol. The van der Waals surface area contributed by atoms with E-state index in [0.29, 0.717) is 23.8 Å². The molecule has 2 saturated carbocycles. The van der Waals surface area contributed by atoms with Crippen molar-refractivity contribution in [3.63, 3.8) is 0 Å². The Kier molecular flexibility index (Phi) is 6.74. The molecule has 0 saturated heterocycles. The van der Waals surface area contributed by atoms with Crippen LogP contribution in [0.25, 0.3) is 0 Å². The fourth-order valence-electron chi connectivity index (χ4n) is 2.03.